The fourth-order valence-corrected chi connectivity index (χ4v) is 2.00. The summed E-state index contributed by atoms with van der Waals surface area (Å²) in [6, 6.07) is 0. The quantitative estimate of drug-likeness (QED) is 0.639. The van der Waals surface area contributed by atoms with Gasteiger partial charge in [-0.05, 0) is 25.4 Å². The molecule has 0 bridgehead atoms. The summed E-state index contributed by atoms with van der Waals surface area (Å²) in [4.78, 5) is 13.0. The van der Waals surface area contributed by atoms with Gasteiger partial charge in [0.1, 0.15) is 6.10 Å². The minimum absolute atomic E-state index is 0.0782. The van der Waals surface area contributed by atoms with Crippen LogP contribution in [0.2, 0.25) is 0 Å². The number of hydrogen-bond acceptors (Lipinski definition) is 4. The number of aliphatic hydroxyl groups is 1. The van der Waals surface area contributed by atoms with Crippen LogP contribution in [0.1, 0.15) is 6.42 Å². The Labute approximate surface area is 83.0 Å². The molecule has 2 fully saturated rings. The zero-order valence-electron chi connectivity index (χ0n) is 8.11. The molecule has 2 rings (SSSR count). The second-order valence-corrected chi connectivity index (χ2v) is 3.95. The number of aliphatic hydroxyl groups excluding tert-OH is 1. The fourth-order valence-electron chi connectivity index (χ4n) is 2.00. The lowest BCUT2D eigenvalue weighted by atomic mass is 10.1. The lowest BCUT2D eigenvalue weighted by Crippen LogP contribution is -2.32. The third-order valence-electron chi connectivity index (χ3n) is 2.79. The Morgan fingerprint density at radius 3 is 3.07 bits per heavy atom. The first kappa shape index (κ1) is 9.73. The van der Waals surface area contributed by atoms with Gasteiger partial charge in [0.25, 0.3) is 0 Å². The van der Waals surface area contributed by atoms with Gasteiger partial charge in [0.15, 0.2) is 0 Å². The van der Waals surface area contributed by atoms with E-state index < -0.39 is 0 Å². The molecule has 0 saturated carbocycles. The van der Waals surface area contributed by atoms with Crippen molar-refractivity contribution < 1.29 is 14.6 Å². The first-order chi connectivity index (χ1) is 6.79. The number of cyclic esters (lactones) is 1. The highest BCUT2D eigenvalue weighted by atomic mass is 16.6. The van der Waals surface area contributed by atoms with E-state index in [1.165, 1.54) is 0 Å². The van der Waals surface area contributed by atoms with Gasteiger partial charge < -0.3 is 20.1 Å². The predicted octanol–water partition coefficient (Wildman–Crippen LogP) is -0.591. The van der Waals surface area contributed by atoms with Crippen molar-refractivity contribution in [2.75, 3.05) is 32.8 Å². The van der Waals surface area contributed by atoms with E-state index in [0.29, 0.717) is 12.5 Å². The summed E-state index contributed by atoms with van der Waals surface area (Å²) in [7, 11) is 0. The number of nitrogens with zero attached hydrogens (tertiary/aromatic N) is 1. The van der Waals surface area contributed by atoms with Crippen molar-refractivity contribution in [1.82, 2.24) is 10.2 Å². The van der Waals surface area contributed by atoms with E-state index in [1.54, 1.807) is 4.90 Å². The van der Waals surface area contributed by atoms with Crippen molar-refractivity contribution >= 4 is 6.09 Å². The van der Waals surface area contributed by atoms with Crippen LogP contribution in [0.3, 0.4) is 0 Å². The molecule has 2 aliphatic rings. The zero-order valence-corrected chi connectivity index (χ0v) is 8.11. The molecule has 0 aliphatic carbocycles. The van der Waals surface area contributed by atoms with E-state index in [-0.39, 0.29) is 18.8 Å². The summed E-state index contributed by atoms with van der Waals surface area (Å²) in [5.74, 6) is 0.542. The van der Waals surface area contributed by atoms with Gasteiger partial charge in [-0.15, -0.1) is 0 Å². The Balaban J connectivity index is 1.82. The number of rotatable bonds is 3. The summed E-state index contributed by atoms with van der Waals surface area (Å²) < 4.78 is 4.95. The SMILES string of the molecule is O=C1O[C@@H](CO)CN1CC1CCNC1. The van der Waals surface area contributed by atoms with E-state index in [0.717, 1.165) is 26.1 Å². The Kier molecular flexibility index (Phi) is 2.88. The molecule has 1 unspecified atom stereocenters. The summed E-state index contributed by atoms with van der Waals surface area (Å²) in [6.45, 7) is 3.23. The van der Waals surface area contributed by atoms with Crippen LogP contribution in [0, 0.1) is 5.92 Å². The number of hydrogen-bond donors (Lipinski definition) is 2. The molecule has 0 aromatic heterocycles. The van der Waals surface area contributed by atoms with E-state index >= 15 is 0 Å². The van der Waals surface area contributed by atoms with E-state index in [9.17, 15) is 4.79 Å². The summed E-state index contributed by atoms with van der Waals surface area (Å²) in [5.41, 5.74) is 0. The third kappa shape index (κ3) is 1.99. The van der Waals surface area contributed by atoms with Crippen molar-refractivity contribution in [3.05, 3.63) is 0 Å². The summed E-state index contributed by atoms with van der Waals surface area (Å²) in [6.07, 6.45) is 0.515. The molecule has 14 heavy (non-hydrogen) atoms. The number of amides is 1. The maximum atomic E-state index is 11.3. The third-order valence-corrected chi connectivity index (χ3v) is 2.79. The number of ether oxygens (including phenoxy) is 1. The number of nitrogens with one attached hydrogen (secondary N) is 1. The molecule has 2 heterocycles. The molecule has 5 nitrogen and oxygen atoms in total. The molecular weight excluding hydrogens is 184 g/mol. The Morgan fingerprint density at radius 1 is 1.64 bits per heavy atom. The van der Waals surface area contributed by atoms with Crippen molar-refractivity contribution in [2.24, 2.45) is 5.92 Å². The Bertz CT molecular complexity index is 216. The van der Waals surface area contributed by atoms with E-state index in [1.807, 2.05) is 0 Å². The number of carbonyl (C=O) groups excluding carboxylic acids is 1. The highest BCUT2D eigenvalue weighted by Gasteiger charge is 2.32. The van der Waals surface area contributed by atoms with Crippen molar-refractivity contribution in [3.8, 4) is 0 Å². The molecule has 1 amide bonds. The van der Waals surface area contributed by atoms with Crippen LogP contribution in [-0.4, -0.2) is 55.0 Å². The van der Waals surface area contributed by atoms with Gasteiger partial charge in [-0.3, -0.25) is 0 Å². The van der Waals surface area contributed by atoms with Crippen LogP contribution in [0.15, 0.2) is 0 Å². The molecule has 80 valence electrons. The summed E-state index contributed by atoms with van der Waals surface area (Å²) in [5, 5.41) is 12.1. The van der Waals surface area contributed by atoms with Gasteiger partial charge >= 0.3 is 6.09 Å². The minimum atomic E-state index is -0.322. The first-order valence-corrected chi connectivity index (χ1v) is 5.06. The molecule has 0 radical (unpaired) electrons. The van der Waals surface area contributed by atoms with Gasteiger partial charge in [-0.1, -0.05) is 0 Å². The standard InChI is InChI=1S/C9H16N2O3/c12-6-8-5-11(9(13)14-8)4-7-1-2-10-3-7/h7-8,10,12H,1-6H2/t7?,8-/m1/s1. The summed E-state index contributed by atoms with van der Waals surface area (Å²) >= 11 is 0. The van der Waals surface area contributed by atoms with Crippen LogP contribution in [0.5, 0.6) is 0 Å². The van der Waals surface area contributed by atoms with Crippen molar-refractivity contribution in [3.63, 3.8) is 0 Å². The van der Waals surface area contributed by atoms with Crippen LogP contribution < -0.4 is 5.32 Å². The minimum Gasteiger partial charge on any atom is -0.442 e. The van der Waals surface area contributed by atoms with E-state index in [4.69, 9.17) is 9.84 Å². The maximum Gasteiger partial charge on any atom is 0.410 e. The van der Waals surface area contributed by atoms with Crippen molar-refractivity contribution in [2.45, 2.75) is 12.5 Å². The van der Waals surface area contributed by atoms with Crippen LogP contribution >= 0.6 is 0 Å². The zero-order chi connectivity index (χ0) is 9.97. The average molecular weight is 200 g/mol. The van der Waals surface area contributed by atoms with Crippen LogP contribution in [0.4, 0.5) is 4.79 Å². The molecule has 2 atom stereocenters. The molecule has 0 aromatic rings. The van der Waals surface area contributed by atoms with Crippen LogP contribution in [-0.2, 0) is 4.74 Å². The Hall–Kier alpha value is -0.810. The van der Waals surface area contributed by atoms with Crippen LogP contribution in [0.25, 0.3) is 0 Å². The Morgan fingerprint density at radius 2 is 2.50 bits per heavy atom. The maximum absolute atomic E-state index is 11.3. The van der Waals surface area contributed by atoms with Gasteiger partial charge in [0, 0.05) is 6.54 Å². The van der Waals surface area contributed by atoms with Gasteiger partial charge in [-0.25, -0.2) is 4.79 Å². The molecule has 2 saturated heterocycles. The predicted molar refractivity (Wildman–Crippen MR) is 49.9 cm³/mol. The largest absolute Gasteiger partial charge is 0.442 e. The second-order valence-electron chi connectivity index (χ2n) is 3.95. The smallest absolute Gasteiger partial charge is 0.410 e. The monoisotopic (exact) mass is 200 g/mol. The highest BCUT2D eigenvalue weighted by Crippen LogP contribution is 2.16. The molecular formula is C9H16N2O3. The lowest BCUT2D eigenvalue weighted by Gasteiger charge is -2.16. The molecule has 2 aliphatic heterocycles. The fraction of sp³-hybridized carbons (Fsp3) is 0.889. The lowest BCUT2D eigenvalue weighted by molar-refractivity contribution is 0.0945. The van der Waals surface area contributed by atoms with Gasteiger partial charge in [-0.2, -0.15) is 0 Å². The molecule has 0 aromatic carbocycles. The highest BCUT2D eigenvalue weighted by molar-refractivity contribution is 5.69. The number of carbonyl (C=O) groups is 1. The van der Waals surface area contributed by atoms with Gasteiger partial charge in [0.05, 0.1) is 13.2 Å². The van der Waals surface area contributed by atoms with Crippen molar-refractivity contribution in [1.29, 1.82) is 0 Å². The molecule has 2 N–H and O–H groups in total. The second kappa shape index (κ2) is 4.14. The van der Waals surface area contributed by atoms with E-state index in [2.05, 4.69) is 5.32 Å². The normalized spacial score (nSPS) is 32.4. The molecule has 5 heteroatoms. The van der Waals surface area contributed by atoms with Gasteiger partial charge in [0.2, 0.25) is 0 Å². The average Bonchev–Trinajstić information content (AvgIpc) is 2.78. The first-order valence-electron chi connectivity index (χ1n) is 5.06. The topological polar surface area (TPSA) is 61.8 Å². The molecule has 0 spiro atoms.